The first-order valence-corrected chi connectivity index (χ1v) is 5.90. The minimum absolute atomic E-state index is 0.0334. The van der Waals surface area contributed by atoms with E-state index in [0.29, 0.717) is 17.8 Å². The average Bonchev–Trinajstić information content (AvgIpc) is 2.84. The van der Waals surface area contributed by atoms with Gasteiger partial charge in [0.25, 0.3) is 0 Å². The SMILES string of the molecule is Cc1nn([C@@H]2CC(=O)[C@H]3OC[C@H]2O3)c(=S)n1C. The molecule has 1 aromatic heterocycles. The molecule has 2 aliphatic rings. The van der Waals surface area contributed by atoms with E-state index >= 15 is 0 Å². The lowest BCUT2D eigenvalue weighted by Crippen LogP contribution is -2.37. The lowest BCUT2D eigenvalue weighted by atomic mass is 10.0. The Kier molecular flexibility index (Phi) is 2.42. The Hall–Kier alpha value is -1.05. The van der Waals surface area contributed by atoms with Crippen molar-refractivity contribution < 1.29 is 14.3 Å². The van der Waals surface area contributed by atoms with Crippen LogP contribution < -0.4 is 0 Å². The number of nitrogens with zero attached hydrogens (tertiary/aromatic N) is 3. The van der Waals surface area contributed by atoms with Gasteiger partial charge in [-0.15, -0.1) is 0 Å². The van der Waals surface area contributed by atoms with E-state index in [-0.39, 0.29) is 17.9 Å². The Morgan fingerprint density at radius 1 is 1.53 bits per heavy atom. The lowest BCUT2D eigenvalue weighted by Gasteiger charge is -2.26. The molecule has 0 amide bonds. The van der Waals surface area contributed by atoms with E-state index in [1.165, 1.54) is 0 Å². The molecule has 0 N–H and O–H groups in total. The summed E-state index contributed by atoms with van der Waals surface area (Å²) in [5, 5.41) is 4.37. The molecule has 0 unspecified atom stereocenters. The highest BCUT2D eigenvalue weighted by atomic mass is 32.1. The van der Waals surface area contributed by atoms with E-state index < -0.39 is 6.29 Å². The second kappa shape index (κ2) is 3.72. The maximum atomic E-state index is 11.7. The summed E-state index contributed by atoms with van der Waals surface area (Å²) < 4.78 is 14.9. The van der Waals surface area contributed by atoms with Crippen molar-refractivity contribution in [2.75, 3.05) is 6.61 Å². The molecule has 6 nitrogen and oxygen atoms in total. The number of ketones is 1. The summed E-state index contributed by atoms with van der Waals surface area (Å²) in [5.41, 5.74) is 0. The summed E-state index contributed by atoms with van der Waals surface area (Å²) >= 11 is 5.30. The van der Waals surface area contributed by atoms with Gasteiger partial charge in [-0.05, 0) is 19.1 Å². The van der Waals surface area contributed by atoms with Gasteiger partial charge in [0.05, 0.1) is 12.6 Å². The van der Waals surface area contributed by atoms with Crippen LogP contribution in [0, 0.1) is 11.7 Å². The Bertz CT molecular complexity index is 535. The average molecular weight is 255 g/mol. The largest absolute Gasteiger partial charge is 0.343 e. The number of carbonyl (C=O) groups excluding carboxylic acids is 1. The minimum Gasteiger partial charge on any atom is -0.343 e. The lowest BCUT2D eigenvalue weighted by molar-refractivity contribution is -0.156. The van der Waals surface area contributed by atoms with Crippen LogP contribution in [0.25, 0.3) is 0 Å². The van der Waals surface area contributed by atoms with Crippen molar-refractivity contribution in [2.45, 2.75) is 31.8 Å². The first-order valence-electron chi connectivity index (χ1n) is 5.50. The first-order chi connectivity index (χ1) is 8.08. The standard InChI is InChI=1S/C10H13N3O3S/c1-5-11-13(10(17)12(5)2)6-3-7(14)9-15-4-8(6)16-9/h6,8-9H,3-4H2,1-2H3/t6-,8-,9+/m1/s1. The third-order valence-electron chi connectivity index (χ3n) is 3.35. The summed E-state index contributed by atoms with van der Waals surface area (Å²) in [6.07, 6.45) is -0.422. The first kappa shape index (κ1) is 11.1. The molecule has 7 heteroatoms. The van der Waals surface area contributed by atoms with Crippen molar-refractivity contribution >= 4 is 18.0 Å². The van der Waals surface area contributed by atoms with Gasteiger partial charge < -0.3 is 14.0 Å². The van der Waals surface area contributed by atoms with E-state index in [1.807, 2.05) is 18.5 Å². The molecular weight excluding hydrogens is 242 g/mol. The third kappa shape index (κ3) is 1.57. The van der Waals surface area contributed by atoms with Gasteiger partial charge in [0.1, 0.15) is 11.9 Å². The van der Waals surface area contributed by atoms with Crippen LogP contribution in [0.5, 0.6) is 0 Å². The van der Waals surface area contributed by atoms with Gasteiger partial charge in [-0.1, -0.05) is 0 Å². The van der Waals surface area contributed by atoms with Crippen molar-refractivity contribution in [2.24, 2.45) is 7.05 Å². The molecule has 2 fully saturated rings. The topological polar surface area (TPSA) is 58.3 Å². The molecular formula is C10H13N3O3S. The molecule has 3 rings (SSSR count). The summed E-state index contributed by atoms with van der Waals surface area (Å²) in [5.74, 6) is 0.789. The summed E-state index contributed by atoms with van der Waals surface area (Å²) in [6, 6.07) is -0.145. The summed E-state index contributed by atoms with van der Waals surface area (Å²) in [6.45, 7) is 2.31. The highest BCUT2D eigenvalue weighted by molar-refractivity contribution is 7.71. The fraction of sp³-hybridized carbons (Fsp3) is 0.700. The van der Waals surface area contributed by atoms with Crippen LogP contribution >= 0.6 is 12.2 Å². The van der Waals surface area contributed by atoms with Crippen molar-refractivity contribution in [3.63, 3.8) is 0 Å². The highest BCUT2D eigenvalue weighted by Crippen LogP contribution is 2.32. The number of hydrogen-bond donors (Lipinski definition) is 0. The number of aryl methyl sites for hydroxylation is 1. The number of hydrogen-bond acceptors (Lipinski definition) is 5. The van der Waals surface area contributed by atoms with Crippen molar-refractivity contribution in [1.82, 2.24) is 14.3 Å². The van der Waals surface area contributed by atoms with E-state index in [1.54, 1.807) is 4.68 Å². The molecule has 0 radical (unpaired) electrons. The van der Waals surface area contributed by atoms with Gasteiger partial charge in [0, 0.05) is 13.5 Å². The quantitative estimate of drug-likeness (QED) is 0.685. The maximum Gasteiger partial charge on any atom is 0.218 e. The molecule has 0 aromatic carbocycles. The number of rotatable bonds is 1. The van der Waals surface area contributed by atoms with Crippen molar-refractivity contribution in [3.05, 3.63) is 10.6 Å². The normalized spacial score (nSPS) is 32.1. The number of fused-ring (bicyclic) bond motifs is 2. The molecule has 2 saturated heterocycles. The Labute approximate surface area is 103 Å². The van der Waals surface area contributed by atoms with E-state index in [0.717, 1.165) is 5.82 Å². The van der Waals surface area contributed by atoms with Crippen LogP contribution in [-0.2, 0) is 21.3 Å². The van der Waals surface area contributed by atoms with E-state index in [4.69, 9.17) is 21.7 Å². The number of carbonyl (C=O) groups is 1. The molecule has 3 heterocycles. The molecule has 92 valence electrons. The second-order valence-electron chi connectivity index (χ2n) is 4.41. The monoisotopic (exact) mass is 255 g/mol. The molecule has 0 aliphatic carbocycles. The van der Waals surface area contributed by atoms with E-state index in [9.17, 15) is 4.79 Å². The third-order valence-corrected chi connectivity index (χ3v) is 3.81. The zero-order valence-corrected chi connectivity index (χ0v) is 10.4. The number of Topliss-reactive ketones (excluding diaryl/α,β-unsaturated/α-hetero) is 1. The summed E-state index contributed by atoms with van der Waals surface area (Å²) in [7, 11) is 1.86. The molecule has 17 heavy (non-hydrogen) atoms. The van der Waals surface area contributed by atoms with Crippen LogP contribution in [-0.4, -0.2) is 39.1 Å². The van der Waals surface area contributed by atoms with Crippen LogP contribution in [0.3, 0.4) is 0 Å². The van der Waals surface area contributed by atoms with Crippen LogP contribution in [0.2, 0.25) is 0 Å². The van der Waals surface area contributed by atoms with Gasteiger partial charge in [0.2, 0.25) is 6.29 Å². The smallest absolute Gasteiger partial charge is 0.218 e. The van der Waals surface area contributed by atoms with Crippen LogP contribution in [0.15, 0.2) is 0 Å². The van der Waals surface area contributed by atoms with Crippen LogP contribution in [0.4, 0.5) is 0 Å². The fourth-order valence-corrected chi connectivity index (χ4v) is 2.55. The predicted octanol–water partition coefficient (Wildman–Crippen LogP) is 0.515. The molecule has 0 saturated carbocycles. The van der Waals surface area contributed by atoms with Crippen LogP contribution in [0.1, 0.15) is 18.3 Å². The Morgan fingerprint density at radius 3 is 2.94 bits per heavy atom. The Morgan fingerprint density at radius 2 is 2.29 bits per heavy atom. The maximum absolute atomic E-state index is 11.7. The molecule has 0 spiro atoms. The van der Waals surface area contributed by atoms with Gasteiger partial charge >= 0.3 is 0 Å². The number of ether oxygens (including phenoxy) is 2. The molecule has 3 atom stereocenters. The van der Waals surface area contributed by atoms with Gasteiger partial charge in [-0.3, -0.25) is 4.79 Å². The Balaban J connectivity index is 2.01. The zero-order valence-electron chi connectivity index (χ0n) is 9.62. The zero-order chi connectivity index (χ0) is 12.2. The molecule has 1 aromatic rings. The molecule has 2 bridgehead atoms. The van der Waals surface area contributed by atoms with Crippen molar-refractivity contribution in [1.29, 1.82) is 0 Å². The second-order valence-corrected chi connectivity index (χ2v) is 4.78. The highest BCUT2D eigenvalue weighted by Gasteiger charge is 2.44. The van der Waals surface area contributed by atoms with E-state index in [2.05, 4.69) is 5.10 Å². The van der Waals surface area contributed by atoms with Gasteiger partial charge in [-0.25, -0.2) is 4.68 Å². The van der Waals surface area contributed by atoms with Gasteiger partial charge in [-0.2, -0.15) is 5.10 Å². The summed E-state index contributed by atoms with van der Waals surface area (Å²) in [4.78, 5) is 11.7. The molecule has 2 aliphatic heterocycles. The number of aromatic nitrogens is 3. The predicted molar refractivity (Wildman–Crippen MR) is 60.0 cm³/mol. The van der Waals surface area contributed by atoms with Crippen molar-refractivity contribution in [3.8, 4) is 0 Å². The fourth-order valence-electron chi connectivity index (χ4n) is 2.24. The minimum atomic E-state index is -0.671. The van der Waals surface area contributed by atoms with Gasteiger partial charge in [0.15, 0.2) is 10.6 Å².